The van der Waals surface area contributed by atoms with Gasteiger partial charge in [0.05, 0.1) is 11.0 Å². The number of rotatable bonds is 4. The second-order valence-corrected chi connectivity index (χ2v) is 13.6. The van der Waals surface area contributed by atoms with Gasteiger partial charge in [-0.15, -0.1) is 0 Å². The third-order valence-electron chi connectivity index (χ3n) is 10.6. The van der Waals surface area contributed by atoms with E-state index in [-0.39, 0.29) is 0 Å². The van der Waals surface area contributed by atoms with E-state index in [1.807, 2.05) is 60.7 Å². The van der Waals surface area contributed by atoms with Gasteiger partial charge in [-0.25, -0.2) is 15.0 Å². The maximum Gasteiger partial charge on any atom is 0.164 e. The summed E-state index contributed by atoms with van der Waals surface area (Å²) in [6.45, 7) is 0. The highest BCUT2D eigenvalue weighted by Crippen LogP contribution is 2.42. The number of aromatic nitrogens is 4. The summed E-state index contributed by atoms with van der Waals surface area (Å²) in [5.41, 5.74) is 6.41. The van der Waals surface area contributed by atoms with Crippen LogP contribution in [-0.4, -0.2) is 19.5 Å². The predicted octanol–water partition coefficient (Wildman–Crippen LogP) is 12.6. The molecular formula is C49H30N4. The molecule has 0 aliphatic heterocycles. The molecule has 0 atom stereocenters. The molecule has 11 rings (SSSR count). The van der Waals surface area contributed by atoms with Crippen molar-refractivity contribution in [3.63, 3.8) is 0 Å². The average molecular weight is 675 g/mol. The van der Waals surface area contributed by atoms with Crippen molar-refractivity contribution in [1.29, 1.82) is 0 Å². The first-order valence-electron chi connectivity index (χ1n) is 17.9. The summed E-state index contributed by atoms with van der Waals surface area (Å²) in [5.74, 6) is 1.96. The average Bonchev–Trinajstić information content (AvgIpc) is 3.56. The van der Waals surface area contributed by atoms with Crippen LogP contribution in [0.15, 0.2) is 182 Å². The van der Waals surface area contributed by atoms with E-state index in [1.54, 1.807) is 0 Å². The number of nitrogens with zero attached hydrogens (tertiary/aromatic N) is 4. The third kappa shape index (κ3) is 4.73. The van der Waals surface area contributed by atoms with E-state index < -0.39 is 0 Å². The molecule has 4 nitrogen and oxygen atoms in total. The molecule has 0 fully saturated rings. The molecule has 0 bridgehead atoms. The van der Waals surface area contributed by atoms with Crippen molar-refractivity contribution < 1.29 is 0 Å². The second-order valence-electron chi connectivity index (χ2n) is 13.6. The standard InChI is InChI=1S/C49H30N4/c1-3-14-32(15-4-1)47-50-48(33-16-5-2-6-17-33)52-49(51-47)35-24-26-39-41(28-35)37-19-9-10-20-38(37)43-30-46-44(29-42(39)43)40-21-11-12-22-45(40)53(46)36-25-23-31-13-7-8-18-34(31)27-36/h1-30H. The Bertz CT molecular complexity index is 3160. The molecule has 53 heavy (non-hydrogen) atoms. The van der Waals surface area contributed by atoms with Crippen LogP contribution in [-0.2, 0) is 0 Å². The maximum absolute atomic E-state index is 5.05. The van der Waals surface area contributed by atoms with Crippen LogP contribution in [0.25, 0.3) is 105 Å². The van der Waals surface area contributed by atoms with Crippen LogP contribution in [0.2, 0.25) is 0 Å². The maximum atomic E-state index is 5.05. The molecule has 2 heterocycles. The van der Waals surface area contributed by atoms with Crippen molar-refractivity contribution >= 4 is 64.9 Å². The Morgan fingerprint density at radius 1 is 0.283 bits per heavy atom. The van der Waals surface area contributed by atoms with E-state index in [0.717, 1.165) is 22.4 Å². The fraction of sp³-hybridized carbons (Fsp3) is 0. The molecule has 0 saturated heterocycles. The normalized spacial score (nSPS) is 11.8. The molecule has 4 heteroatoms. The van der Waals surface area contributed by atoms with Gasteiger partial charge >= 0.3 is 0 Å². The van der Waals surface area contributed by atoms with Crippen LogP contribution < -0.4 is 0 Å². The lowest BCUT2D eigenvalue weighted by Gasteiger charge is -2.14. The fourth-order valence-corrected chi connectivity index (χ4v) is 8.09. The van der Waals surface area contributed by atoms with E-state index in [2.05, 4.69) is 126 Å². The number of fused-ring (bicyclic) bond motifs is 10. The summed E-state index contributed by atoms with van der Waals surface area (Å²) in [4.78, 5) is 15.0. The lowest BCUT2D eigenvalue weighted by atomic mass is 9.92. The number of para-hydroxylation sites is 1. The second kappa shape index (κ2) is 11.7. The van der Waals surface area contributed by atoms with Crippen molar-refractivity contribution in [2.75, 3.05) is 0 Å². The first-order chi connectivity index (χ1) is 26.3. The van der Waals surface area contributed by atoms with E-state index in [9.17, 15) is 0 Å². The predicted molar refractivity (Wildman–Crippen MR) is 220 cm³/mol. The Labute approximate surface area is 305 Å². The zero-order chi connectivity index (χ0) is 34.9. The quantitative estimate of drug-likeness (QED) is 0.175. The number of hydrogen-bond acceptors (Lipinski definition) is 3. The van der Waals surface area contributed by atoms with Crippen molar-refractivity contribution in [3.05, 3.63) is 182 Å². The lowest BCUT2D eigenvalue weighted by Crippen LogP contribution is -2.00. The van der Waals surface area contributed by atoms with Crippen molar-refractivity contribution in [2.24, 2.45) is 0 Å². The van der Waals surface area contributed by atoms with Gasteiger partial charge in [0, 0.05) is 33.2 Å². The largest absolute Gasteiger partial charge is 0.309 e. The highest BCUT2D eigenvalue weighted by atomic mass is 15.0. The topological polar surface area (TPSA) is 43.6 Å². The third-order valence-corrected chi connectivity index (χ3v) is 10.6. The Morgan fingerprint density at radius 2 is 0.811 bits per heavy atom. The fourth-order valence-electron chi connectivity index (χ4n) is 8.09. The minimum Gasteiger partial charge on any atom is -0.309 e. The molecule has 0 N–H and O–H groups in total. The zero-order valence-electron chi connectivity index (χ0n) is 28.6. The van der Waals surface area contributed by atoms with E-state index in [1.165, 1.54) is 64.9 Å². The van der Waals surface area contributed by atoms with Crippen molar-refractivity contribution in [3.8, 4) is 39.9 Å². The molecule has 0 spiro atoms. The van der Waals surface area contributed by atoms with E-state index in [4.69, 9.17) is 15.0 Å². The molecule has 0 aliphatic rings. The lowest BCUT2D eigenvalue weighted by molar-refractivity contribution is 1.07. The van der Waals surface area contributed by atoms with Gasteiger partial charge < -0.3 is 4.57 Å². The Morgan fingerprint density at radius 3 is 1.51 bits per heavy atom. The van der Waals surface area contributed by atoms with Crippen LogP contribution in [0.5, 0.6) is 0 Å². The summed E-state index contributed by atoms with van der Waals surface area (Å²) in [7, 11) is 0. The molecule has 246 valence electrons. The van der Waals surface area contributed by atoms with Gasteiger partial charge in [0.15, 0.2) is 17.5 Å². The van der Waals surface area contributed by atoms with Gasteiger partial charge in [-0.3, -0.25) is 0 Å². The zero-order valence-corrected chi connectivity index (χ0v) is 28.6. The van der Waals surface area contributed by atoms with Crippen LogP contribution in [0, 0.1) is 0 Å². The summed E-state index contributed by atoms with van der Waals surface area (Å²) in [6, 6.07) is 64.7. The van der Waals surface area contributed by atoms with E-state index in [0.29, 0.717) is 17.5 Å². The molecule has 9 aromatic carbocycles. The number of hydrogen-bond donors (Lipinski definition) is 0. The summed E-state index contributed by atoms with van der Waals surface area (Å²) in [6.07, 6.45) is 0. The van der Waals surface area contributed by atoms with E-state index >= 15 is 0 Å². The molecule has 0 aliphatic carbocycles. The molecule has 0 unspecified atom stereocenters. The summed E-state index contributed by atoms with van der Waals surface area (Å²) < 4.78 is 2.42. The highest BCUT2D eigenvalue weighted by molar-refractivity contribution is 6.29. The highest BCUT2D eigenvalue weighted by Gasteiger charge is 2.18. The van der Waals surface area contributed by atoms with Crippen molar-refractivity contribution in [1.82, 2.24) is 19.5 Å². The van der Waals surface area contributed by atoms with Gasteiger partial charge in [-0.05, 0) is 79.5 Å². The molecule has 11 aromatic rings. The minimum atomic E-state index is 0.651. The molecule has 0 amide bonds. The SMILES string of the molecule is c1ccc(-c2nc(-c3ccccc3)nc(-c3ccc4c(c3)c3ccccc3c3cc5c(cc43)c3ccccc3n5-c3ccc4ccccc4c3)n2)cc1. The van der Waals surface area contributed by atoms with Crippen LogP contribution in [0.3, 0.4) is 0 Å². The summed E-state index contributed by atoms with van der Waals surface area (Å²) in [5, 5.41) is 12.2. The molecule has 2 aromatic heterocycles. The number of benzene rings is 9. The monoisotopic (exact) mass is 674 g/mol. The first-order valence-corrected chi connectivity index (χ1v) is 17.9. The molecule has 0 radical (unpaired) electrons. The Hall–Kier alpha value is -7.17. The smallest absolute Gasteiger partial charge is 0.164 e. The van der Waals surface area contributed by atoms with Gasteiger partial charge in [-0.1, -0.05) is 146 Å². The minimum absolute atomic E-state index is 0.651. The van der Waals surface area contributed by atoms with Gasteiger partial charge in [0.1, 0.15) is 0 Å². The molecule has 0 saturated carbocycles. The van der Waals surface area contributed by atoms with Crippen LogP contribution in [0.1, 0.15) is 0 Å². The van der Waals surface area contributed by atoms with Gasteiger partial charge in [0.25, 0.3) is 0 Å². The van der Waals surface area contributed by atoms with Gasteiger partial charge in [-0.2, -0.15) is 0 Å². The van der Waals surface area contributed by atoms with Crippen LogP contribution >= 0.6 is 0 Å². The van der Waals surface area contributed by atoms with Crippen molar-refractivity contribution in [2.45, 2.75) is 0 Å². The van der Waals surface area contributed by atoms with Crippen LogP contribution in [0.4, 0.5) is 0 Å². The summed E-state index contributed by atoms with van der Waals surface area (Å²) >= 11 is 0. The Kier molecular flexibility index (Phi) is 6.52. The van der Waals surface area contributed by atoms with Gasteiger partial charge in [0.2, 0.25) is 0 Å². The molecular weight excluding hydrogens is 645 g/mol. The Balaban J connectivity index is 1.17. The first kappa shape index (κ1) is 29.5.